The van der Waals surface area contributed by atoms with Crippen LogP contribution in [0.3, 0.4) is 0 Å². The van der Waals surface area contributed by atoms with E-state index in [2.05, 4.69) is 4.98 Å². The van der Waals surface area contributed by atoms with E-state index >= 15 is 0 Å². The lowest BCUT2D eigenvalue weighted by atomic mass is 10.1. The normalized spacial score (nSPS) is 11.0. The Morgan fingerprint density at radius 3 is 2.73 bits per heavy atom. The highest BCUT2D eigenvalue weighted by Crippen LogP contribution is 2.18. The lowest BCUT2D eigenvalue weighted by molar-refractivity contribution is 0.0697. The van der Waals surface area contributed by atoms with Gasteiger partial charge < -0.3 is 15.2 Å². The maximum Gasteiger partial charge on any atom is 0.336 e. The number of aromatic nitrogens is 2. The molecule has 0 radical (unpaired) electrons. The van der Waals surface area contributed by atoms with Gasteiger partial charge in [-0.3, -0.25) is 4.79 Å². The number of thiophene rings is 1. The quantitative estimate of drug-likeness (QED) is 0.665. The molecule has 0 spiro atoms. The van der Waals surface area contributed by atoms with Gasteiger partial charge in [-0.1, -0.05) is 12.1 Å². The lowest BCUT2D eigenvalue weighted by Crippen LogP contribution is -2.33. The summed E-state index contributed by atoms with van der Waals surface area (Å²) in [4.78, 5) is 38.2. The van der Waals surface area contributed by atoms with E-state index in [0.29, 0.717) is 11.1 Å². The second-order valence-electron chi connectivity index (χ2n) is 4.55. The third kappa shape index (κ3) is 2.14. The standard InChI is InChI=1S/C14H10N2O5S/c17-5-7-2-1-3-9-11(7)12(18)16(14(21)15-9)10-4-8(6-22-10)13(19)20/h1-4,6,17H,5H2,(H,15,21)(H,19,20). The number of fused-ring (bicyclic) bond motifs is 1. The summed E-state index contributed by atoms with van der Waals surface area (Å²) in [5, 5.41) is 20.1. The average Bonchev–Trinajstić information content (AvgIpc) is 2.96. The Morgan fingerprint density at radius 1 is 1.32 bits per heavy atom. The molecule has 0 aliphatic carbocycles. The molecule has 0 aliphatic heterocycles. The summed E-state index contributed by atoms with van der Waals surface area (Å²) in [6.07, 6.45) is 0. The molecule has 3 aromatic rings. The number of benzene rings is 1. The van der Waals surface area contributed by atoms with Crippen molar-refractivity contribution in [2.75, 3.05) is 0 Å². The topological polar surface area (TPSA) is 112 Å². The zero-order valence-corrected chi connectivity index (χ0v) is 11.9. The smallest absolute Gasteiger partial charge is 0.336 e. The maximum atomic E-state index is 12.6. The van der Waals surface area contributed by atoms with Gasteiger partial charge in [0.1, 0.15) is 5.00 Å². The molecule has 0 atom stereocenters. The lowest BCUT2D eigenvalue weighted by Gasteiger charge is -2.06. The van der Waals surface area contributed by atoms with Crippen LogP contribution >= 0.6 is 11.3 Å². The van der Waals surface area contributed by atoms with Gasteiger partial charge in [-0.15, -0.1) is 11.3 Å². The van der Waals surface area contributed by atoms with Crippen molar-refractivity contribution in [2.24, 2.45) is 0 Å². The van der Waals surface area contributed by atoms with Crippen molar-refractivity contribution >= 4 is 28.2 Å². The SMILES string of the molecule is O=C(O)c1csc(-n2c(=O)[nH]c3cccc(CO)c3c2=O)c1. The van der Waals surface area contributed by atoms with Gasteiger partial charge in [0.15, 0.2) is 0 Å². The molecule has 0 amide bonds. The number of nitrogens with zero attached hydrogens (tertiary/aromatic N) is 1. The third-order valence-electron chi connectivity index (χ3n) is 3.24. The van der Waals surface area contributed by atoms with Gasteiger partial charge in [0.25, 0.3) is 5.56 Å². The first-order valence-corrected chi connectivity index (χ1v) is 7.11. The molecule has 2 heterocycles. The minimum atomic E-state index is -1.14. The van der Waals surface area contributed by atoms with Crippen molar-refractivity contribution in [1.82, 2.24) is 9.55 Å². The summed E-state index contributed by atoms with van der Waals surface area (Å²) in [5.74, 6) is -1.14. The van der Waals surface area contributed by atoms with Crippen LogP contribution < -0.4 is 11.2 Å². The molecule has 8 heteroatoms. The molecule has 1 aromatic carbocycles. The van der Waals surface area contributed by atoms with Gasteiger partial charge in [-0.2, -0.15) is 0 Å². The molecule has 0 aliphatic rings. The van der Waals surface area contributed by atoms with E-state index in [-0.39, 0.29) is 22.6 Å². The number of nitrogens with one attached hydrogen (secondary N) is 1. The van der Waals surface area contributed by atoms with Crippen LogP contribution in [0, 0.1) is 0 Å². The molecule has 22 heavy (non-hydrogen) atoms. The molecule has 2 aromatic heterocycles. The van der Waals surface area contributed by atoms with Crippen molar-refractivity contribution < 1.29 is 15.0 Å². The summed E-state index contributed by atoms with van der Waals surface area (Å²) in [7, 11) is 0. The van der Waals surface area contributed by atoms with Crippen molar-refractivity contribution in [2.45, 2.75) is 6.61 Å². The van der Waals surface area contributed by atoms with Crippen molar-refractivity contribution in [3.63, 3.8) is 0 Å². The fraction of sp³-hybridized carbons (Fsp3) is 0.0714. The van der Waals surface area contributed by atoms with Crippen LogP contribution in [0.5, 0.6) is 0 Å². The van der Waals surface area contributed by atoms with Crippen LogP contribution in [0.2, 0.25) is 0 Å². The molecule has 0 saturated heterocycles. The van der Waals surface area contributed by atoms with E-state index < -0.39 is 17.2 Å². The molecule has 0 fully saturated rings. The first-order valence-electron chi connectivity index (χ1n) is 6.23. The highest BCUT2D eigenvalue weighted by Gasteiger charge is 2.15. The number of carbonyl (C=O) groups is 1. The molecular formula is C14H10N2O5S. The second kappa shape index (κ2) is 5.24. The van der Waals surface area contributed by atoms with Crippen LogP contribution in [0.4, 0.5) is 0 Å². The zero-order chi connectivity index (χ0) is 15.9. The Hall–Kier alpha value is -2.71. The van der Waals surface area contributed by atoms with Gasteiger partial charge in [-0.25, -0.2) is 14.2 Å². The van der Waals surface area contributed by atoms with Gasteiger partial charge in [0.2, 0.25) is 0 Å². The van der Waals surface area contributed by atoms with Gasteiger partial charge in [-0.05, 0) is 17.7 Å². The number of aliphatic hydroxyl groups is 1. The number of aliphatic hydroxyl groups excluding tert-OH is 1. The summed E-state index contributed by atoms with van der Waals surface area (Å²) in [5.41, 5.74) is -0.536. The van der Waals surface area contributed by atoms with Gasteiger partial charge in [0, 0.05) is 5.38 Å². The average molecular weight is 318 g/mol. The summed E-state index contributed by atoms with van der Waals surface area (Å²) in [6.45, 7) is -0.344. The molecule has 0 bridgehead atoms. The van der Waals surface area contributed by atoms with Crippen LogP contribution in [-0.4, -0.2) is 25.7 Å². The Labute approximate surface area is 126 Å². The first kappa shape index (κ1) is 14.2. The van der Waals surface area contributed by atoms with Crippen molar-refractivity contribution in [3.05, 3.63) is 61.6 Å². The summed E-state index contributed by atoms with van der Waals surface area (Å²) < 4.78 is 0.874. The van der Waals surface area contributed by atoms with Crippen LogP contribution in [0.15, 0.2) is 39.2 Å². The highest BCUT2D eigenvalue weighted by atomic mass is 32.1. The van der Waals surface area contributed by atoms with Gasteiger partial charge in [0.05, 0.1) is 23.1 Å². The number of aromatic carboxylic acids is 1. The van der Waals surface area contributed by atoms with Crippen LogP contribution in [0.25, 0.3) is 15.9 Å². The Morgan fingerprint density at radius 2 is 2.09 bits per heavy atom. The van der Waals surface area contributed by atoms with E-state index in [0.717, 1.165) is 15.9 Å². The summed E-state index contributed by atoms with van der Waals surface area (Å²) in [6, 6.07) is 6.04. The zero-order valence-electron chi connectivity index (χ0n) is 11.1. The molecular weight excluding hydrogens is 308 g/mol. The van der Waals surface area contributed by atoms with Crippen LogP contribution in [-0.2, 0) is 6.61 Å². The van der Waals surface area contributed by atoms with E-state index in [4.69, 9.17) is 5.11 Å². The highest BCUT2D eigenvalue weighted by molar-refractivity contribution is 7.12. The number of hydrogen-bond donors (Lipinski definition) is 3. The largest absolute Gasteiger partial charge is 0.478 e. The monoisotopic (exact) mass is 318 g/mol. The first-order chi connectivity index (χ1) is 10.5. The van der Waals surface area contributed by atoms with E-state index in [1.165, 1.54) is 11.4 Å². The number of hydrogen-bond acceptors (Lipinski definition) is 5. The van der Waals surface area contributed by atoms with E-state index in [1.54, 1.807) is 18.2 Å². The second-order valence-corrected chi connectivity index (χ2v) is 5.44. The van der Waals surface area contributed by atoms with Crippen molar-refractivity contribution in [3.8, 4) is 5.00 Å². The molecule has 112 valence electrons. The fourth-order valence-corrected chi connectivity index (χ4v) is 3.10. The van der Waals surface area contributed by atoms with Gasteiger partial charge >= 0.3 is 11.7 Å². The van der Waals surface area contributed by atoms with E-state index in [1.807, 2.05) is 0 Å². The predicted molar refractivity (Wildman–Crippen MR) is 80.9 cm³/mol. The third-order valence-corrected chi connectivity index (χ3v) is 4.15. The van der Waals surface area contributed by atoms with E-state index in [9.17, 15) is 19.5 Å². The summed E-state index contributed by atoms with van der Waals surface area (Å²) >= 11 is 0.981. The predicted octanol–water partition coefficient (Wildman–Crippen LogP) is 0.931. The molecule has 3 N–H and O–H groups in total. The number of H-pyrrole nitrogens is 1. The van der Waals surface area contributed by atoms with Crippen LogP contribution in [0.1, 0.15) is 15.9 Å². The fourth-order valence-electron chi connectivity index (χ4n) is 2.22. The number of rotatable bonds is 3. The minimum Gasteiger partial charge on any atom is -0.478 e. The molecule has 7 nitrogen and oxygen atoms in total. The molecule has 0 saturated carbocycles. The molecule has 3 rings (SSSR count). The number of carboxylic acids is 1. The number of carboxylic acid groups (broad SMARTS) is 1. The van der Waals surface area contributed by atoms with Crippen molar-refractivity contribution in [1.29, 1.82) is 0 Å². The Kier molecular flexibility index (Phi) is 3.39. The molecule has 0 unspecified atom stereocenters. The minimum absolute atomic E-state index is 0.00170. The number of aromatic amines is 1. The maximum absolute atomic E-state index is 12.6. The Balaban J connectivity index is 2.36. The Bertz CT molecular complexity index is 998.